The van der Waals surface area contributed by atoms with E-state index in [1.165, 1.54) is 0 Å². The number of hydrogen-bond donors (Lipinski definition) is 1. The summed E-state index contributed by atoms with van der Waals surface area (Å²) in [6.07, 6.45) is 1.74. The number of thioether (sulfide) groups is 2. The summed E-state index contributed by atoms with van der Waals surface area (Å²) in [6, 6.07) is 4.00. The molecule has 0 amide bonds. The van der Waals surface area contributed by atoms with Crippen LogP contribution in [-0.4, -0.2) is 10.7 Å². The molecule has 1 saturated heterocycles. The van der Waals surface area contributed by atoms with Crippen molar-refractivity contribution >= 4 is 23.5 Å². The van der Waals surface area contributed by atoms with Crippen LogP contribution in [0.4, 0.5) is 0 Å². The molecule has 0 spiro atoms. The minimum atomic E-state index is 0.446. The normalized spacial score (nSPS) is 34.8. The molecular formula is C9H13NOS2. The third-order valence-corrected chi connectivity index (χ3v) is 4.61. The number of hydrogen-bond acceptors (Lipinski definition) is 4. The summed E-state index contributed by atoms with van der Waals surface area (Å²) in [5.74, 6) is 1.08. The number of rotatable bonds is 1. The zero-order chi connectivity index (χ0) is 9.26. The topological polar surface area (TPSA) is 25.2 Å². The third-order valence-electron chi connectivity index (χ3n) is 1.90. The van der Waals surface area contributed by atoms with Gasteiger partial charge < -0.3 is 4.42 Å². The van der Waals surface area contributed by atoms with Gasteiger partial charge in [0.15, 0.2) is 0 Å². The van der Waals surface area contributed by atoms with Crippen molar-refractivity contribution in [1.82, 2.24) is 5.32 Å². The van der Waals surface area contributed by atoms with E-state index in [9.17, 15) is 0 Å². The molecule has 2 unspecified atom stereocenters. The Hall–Kier alpha value is -0.0600. The Morgan fingerprint density at radius 3 is 2.54 bits per heavy atom. The van der Waals surface area contributed by atoms with Gasteiger partial charge in [-0.2, -0.15) is 0 Å². The maximum absolute atomic E-state index is 5.40. The smallest absolute Gasteiger partial charge is 0.126 e. The van der Waals surface area contributed by atoms with Gasteiger partial charge in [-0.25, -0.2) is 0 Å². The van der Waals surface area contributed by atoms with Gasteiger partial charge in [-0.05, 0) is 26.0 Å². The van der Waals surface area contributed by atoms with Gasteiger partial charge in [0.05, 0.1) is 17.0 Å². The van der Waals surface area contributed by atoms with E-state index in [-0.39, 0.29) is 0 Å². The highest BCUT2D eigenvalue weighted by molar-refractivity contribution is 8.17. The molecule has 1 aromatic heterocycles. The molecule has 1 aliphatic heterocycles. The molecule has 0 bridgehead atoms. The van der Waals surface area contributed by atoms with Gasteiger partial charge in [-0.1, -0.05) is 0 Å². The first-order valence-corrected chi connectivity index (χ1v) is 6.24. The van der Waals surface area contributed by atoms with Gasteiger partial charge in [0, 0.05) is 0 Å². The predicted molar refractivity (Wildman–Crippen MR) is 58.7 cm³/mol. The maximum Gasteiger partial charge on any atom is 0.126 e. The molecule has 2 atom stereocenters. The molecule has 2 heterocycles. The highest BCUT2D eigenvalue weighted by Gasteiger charge is 2.26. The highest BCUT2D eigenvalue weighted by Crippen LogP contribution is 2.46. The molecule has 2 rings (SSSR count). The molecule has 1 fully saturated rings. The fraction of sp³-hybridized carbons (Fsp3) is 0.556. The lowest BCUT2D eigenvalue weighted by Crippen LogP contribution is -2.34. The molecule has 13 heavy (non-hydrogen) atoms. The first-order valence-electron chi connectivity index (χ1n) is 4.36. The summed E-state index contributed by atoms with van der Waals surface area (Å²) in [6.45, 7) is 4.38. The maximum atomic E-state index is 5.40. The fourth-order valence-corrected chi connectivity index (χ4v) is 4.56. The van der Waals surface area contributed by atoms with Crippen LogP contribution in [0.15, 0.2) is 22.8 Å². The van der Waals surface area contributed by atoms with Crippen LogP contribution in [0.2, 0.25) is 0 Å². The summed E-state index contributed by atoms with van der Waals surface area (Å²) in [5.41, 5.74) is 0. The van der Waals surface area contributed by atoms with Crippen molar-refractivity contribution in [2.45, 2.75) is 29.2 Å². The van der Waals surface area contributed by atoms with Crippen molar-refractivity contribution in [1.29, 1.82) is 0 Å². The molecule has 4 heteroatoms. The van der Waals surface area contributed by atoms with Crippen LogP contribution in [0.25, 0.3) is 0 Å². The molecule has 0 radical (unpaired) electrons. The summed E-state index contributed by atoms with van der Waals surface area (Å²) >= 11 is 3.81. The largest absolute Gasteiger partial charge is 0.467 e. The Morgan fingerprint density at radius 2 is 2.00 bits per heavy atom. The first-order chi connectivity index (χ1) is 6.25. The van der Waals surface area contributed by atoms with Crippen molar-refractivity contribution in [3.05, 3.63) is 24.2 Å². The average Bonchev–Trinajstić information content (AvgIpc) is 2.53. The predicted octanol–water partition coefficient (Wildman–Crippen LogP) is 3.04. The second-order valence-corrected chi connectivity index (χ2v) is 6.27. The van der Waals surface area contributed by atoms with Crippen molar-refractivity contribution in [2.24, 2.45) is 0 Å². The Morgan fingerprint density at radius 1 is 1.31 bits per heavy atom. The SMILES string of the molecule is CC1NC(C)SC(c2ccco2)S1. The van der Waals surface area contributed by atoms with E-state index >= 15 is 0 Å². The molecule has 1 N–H and O–H groups in total. The van der Waals surface area contributed by atoms with Gasteiger partial charge in [-0.15, -0.1) is 23.5 Å². The van der Waals surface area contributed by atoms with Gasteiger partial charge in [0.25, 0.3) is 0 Å². The van der Waals surface area contributed by atoms with E-state index in [0.717, 1.165) is 5.76 Å². The minimum absolute atomic E-state index is 0.446. The van der Waals surface area contributed by atoms with Crippen molar-refractivity contribution in [2.75, 3.05) is 0 Å². The van der Waals surface area contributed by atoms with E-state index in [0.29, 0.717) is 15.3 Å². The van der Waals surface area contributed by atoms with Crippen LogP contribution < -0.4 is 5.32 Å². The zero-order valence-electron chi connectivity index (χ0n) is 7.69. The quantitative estimate of drug-likeness (QED) is 0.778. The molecule has 1 aliphatic rings. The van der Waals surface area contributed by atoms with Crippen LogP contribution >= 0.6 is 23.5 Å². The lowest BCUT2D eigenvalue weighted by Gasteiger charge is -2.30. The number of nitrogens with one attached hydrogen (secondary N) is 1. The van der Waals surface area contributed by atoms with Crippen LogP contribution in [0.1, 0.15) is 24.2 Å². The van der Waals surface area contributed by atoms with Crippen molar-refractivity contribution in [3.63, 3.8) is 0 Å². The van der Waals surface area contributed by atoms with Crippen LogP contribution in [-0.2, 0) is 0 Å². The van der Waals surface area contributed by atoms with Crippen molar-refractivity contribution < 1.29 is 4.42 Å². The fourth-order valence-electron chi connectivity index (χ4n) is 1.37. The molecule has 0 aliphatic carbocycles. The highest BCUT2D eigenvalue weighted by atomic mass is 32.2. The van der Waals surface area contributed by atoms with Crippen molar-refractivity contribution in [3.8, 4) is 0 Å². The average molecular weight is 215 g/mol. The van der Waals surface area contributed by atoms with Crippen LogP contribution in [0.5, 0.6) is 0 Å². The summed E-state index contributed by atoms with van der Waals surface area (Å²) < 4.78 is 5.85. The van der Waals surface area contributed by atoms with E-state index in [1.54, 1.807) is 6.26 Å². The summed E-state index contributed by atoms with van der Waals surface area (Å²) in [5, 5.41) is 4.47. The molecule has 1 aromatic rings. The molecule has 72 valence electrons. The van der Waals surface area contributed by atoms with E-state index in [1.807, 2.05) is 29.6 Å². The second-order valence-electron chi connectivity index (χ2n) is 3.07. The second kappa shape index (κ2) is 3.98. The van der Waals surface area contributed by atoms with Gasteiger partial charge in [-0.3, -0.25) is 5.32 Å². The van der Waals surface area contributed by atoms with E-state index in [2.05, 4.69) is 25.2 Å². The standard InChI is InChI=1S/C9H13NOS2/c1-6-10-7(2)13-9(12-6)8-4-3-5-11-8/h3-7,9-10H,1-2H3. The van der Waals surface area contributed by atoms with E-state index < -0.39 is 0 Å². The Balaban J connectivity index is 2.07. The lowest BCUT2D eigenvalue weighted by molar-refractivity contribution is 0.525. The van der Waals surface area contributed by atoms with Crippen LogP contribution in [0.3, 0.4) is 0 Å². The number of furan rings is 1. The van der Waals surface area contributed by atoms with Gasteiger partial charge >= 0.3 is 0 Å². The summed E-state index contributed by atoms with van der Waals surface area (Å²) in [4.78, 5) is 0. The van der Waals surface area contributed by atoms with Gasteiger partial charge in [0.2, 0.25) is 0 Å². The first kappa shape index (κ1) is 9.49. The van der Waals surface area contributed by atoms with Gasteiger partial charge in [0.1, 0.15) is 10.3 Å². The lowest BCUT2D eigenvalue weighted by atomic mass is 10.5. The van der Waals surface area contributed by atoms with Crippen LogP contribution in [0, 0.1) is 0 Å². The molecular weight excluding hydrogens is 202 g/mol. The molecule has 0 saturated carbocycles. The Bertz CT molecular complexity index is 253. The Labute approximate surface area is 86.8 Å². The zero-order valence-corrected chi connectivity index (χ0v) is 9.32. The molecule has 0 aromatic carbocycles. The third kappa shape index (κ3) is 2.24. The summed E-state index contributed by atoms with van der Waals surface area (Å²) in [7, 11) is 0. The molecule has 2 nitrogen and oxygen atoms in total. The monoisotopic (exact) mass is 215 g/mol. The van der Waals surface area contributed by atoms with E-state index in [4.69, 9.17) is 4.42 Å². The minimum Gasteiger partial charge on any atom is -0.467 e. The Kier molecular flexibility index (Phi) is 2.91.